The van der Waals surface area contributed by atoms with Gasteiger partial charge in [0, 0.05) is 29.1 Å². The average Bonchev–Trinajstić information content (AvgIpc) is 2.60. The van der Waals surface area contributed by atoms with Crippen LogP contribution in [0.4, 0.5) is 5.82 Å². The predicted octanol–water partition coefficient (Wildman–Crippen LogP) is 2.47. The first-order chi connectivity index (χ1) is 12.4. The normalized spacial score (nSPS) is 13.3. The quantitative estimate of drug-likeness (QED) is 0.655. The molecule has 132 valence electrons. The number of ether oxygens (including phenoxy) is 1. The summed E-state index contributed by atoms with van der Waals surface area (Å²) in [6.07, 6.45) is 2.89. The van der Waals surface area contributed by atoms with Crippen LogP contribution in [-0.2, 0) is 16.3 Å². The van der Waals surface area contributed by atoms with Crippen LogP contribution in [0.15, 0.2) is 47.6 Å². The summed E-state index contributed by atoms with van der Waals surface area (Å²) in [6, 6.07) is 10.6. The summed E-state index contributed by atoms with van der Waals surface area (Å²) >= 11 is 0. The van der Waals surface area contributed by atoms with E-state index in [1.54, 1.807) is 30.3 Å². The zero-order valence-corrected chi connectivity index (χ0v) is 15.5. The Kier molecular flexibility index (Phi) is 5.13. The Labute approximate surface area is 154 Å². The lowest BCUT2D eigenvalue weighted by Gasteiger charge is -2.13. The molecule has 2 aromatic carbocycles. The van der Waals surface area contributed by atoms with Gasteiger partial charge in [-0.1, -0.05) is 23.7 Å². The van der Waals surface area contributed by atoms with Crippen molar-refractivity contribution in [1.29, 1.82) is 4.78 Å². The number of hydrogen-bond donors (Lipinski definition) is 2. The lowest BCUT2D eigenvalue weighted by molar-refractivity contribution is 0.309. The zero-order valence-electron chi connectivity index (χ0n) is 14.7. The zero-order chi connectivity index (χ0) is 18.7. The number of hydrogen-bond acceptors (Lipinski definition) is 6. The van der Waals surface area contributed by atoms with Crippen LogP contribution < -0.4 is 15.5 Å². The molecule has 8 heteroatoms. The van der Waals surface area contributed by atoms with Crippen LogP contribution >= 0.6 is 0 Å². The van der Waals surface area contributed by atoms with Gasteiger partial charge >= 0.3 is 0 Å². The molecule has 1 aromatic heterocycles. The molecule has 0 saturated heterocycles. The topological polar surface area (TPSA) is 88.0 Å². The molecule has 0 fully saturated rings. The molecule has 3 aromatic rings. The highest BCUT2D eigenvalue weighted by Gasteiger charge is 2.09. The Hall–Kier alpha value is -2.61. The van der Waals surface area contributed by atoms with Crippen molar-refractivity contribution in [2.24, 2.45) is 0 Å². The predicted molar refractivity (Wildman–Crippen MR) is 105 cm³/mol. The molecule has 1 heterocycles. The molecule has 26 heavy (non-hydrogen) atoms. The van der Waals surface area contributed by atoms with Crippen molar-refractivity contribution in [3.8, 4) is 5.75 Å². The molecule has 0 aliphatic rings. The molecule has 1 atom stereocenters. The van der Waals surface area contributed by atoms with E-state index in [1.807, 2.05) is 13.0 Å². The van der Waals surface area contributed by atoms with Crippen molar-refractivity contribution in [2.45, 2.75) is 18.4 Å². The minimum atomic E-state index is -2.76. The SMILES string of the molecule is [B]c1cc2c(NCC)ncnc2cc1OCc1cccc(S(C)(=N)=O)c1. The summed E-state index contributed by atoms with van der Waals surface area (Å²) in [5.41, 5.74) is 2.04. The molecule has 0 aliphatic carbocycles. The number of nitrogens with one attached hydrogen (secondary N) is 2. The maximum atomic E-state index is 11.9. The average molecular weight is 366 g/mol. The van der Waals surface area contributed by atoms with E-state index in [-0.39, 0.29) is 6.61 Å². The second kappa shape index (κ2) is 7.33. The van der Waals surface area contributed by atoms with E-state index in [0.29, 0.717) is 16.1 Å². The molecule has 3 rings (SSSR count). The maximum absolute atomic E-state index is 11.9. The second-order valence-electron chi connectivity index (χ2n) is 5.94. The molecule has 2 radical (unpaired) electrons. The van der Waals surface area contributed by atoms with Crippen molar-refractivity contribution in [2.75, 3.05) is 18.1 Å². The van der Waals surface area contributed by atoms with E-state index >= 15 is 0 Å². The first-order valence-electron chi connectivity index (χ1n) is 8.12. The van der Waals surface area contributed by atoms with Gasteiger partial charge in [0.15, 0.2) is 0 Å². The maximum Gasteiger partial charge on any atom is 0.137 e. The third-order valence-corrected chi connectivity index (χ3v) is 5.01. The van der Waals surface area contributed by atoms with Crippen molar-refractivity contribution in [3.05, 3.63) is 48.3 Å². The van der Waals surface area contributed by atoms with E-state index in [4.69, 9.17) is 17.4 Å². The molecule has 0 aliphatic heterocycles. The number of aromatic nitrogens is 2. The van der Waals surface area contributed by atoms with Gasteiger partial charge in [0.05, 0.1) is 15.2 Å². The van der Waals surface area contributed by atoms with Crippen molar-refractivity contribution >= 4 is 39.8 Å². The highest BCUT2D eigenvalue weighted by Crippen LogP contribution is 2.23. The molecular weight excluding hydrogens is 347 g/mol. The molecule has 1 unspecified atom stereocenters. The standard InChI is InChI=1S/C18H19BN4O2S/c1-3-21-18-14-8-15(19)17(9-16(14)22-11-23-18)25-10-12-5-4-6-13(7-12)26(2,20)24/h4-9,11,20H,3,10H2,1-2H3,(H,21,22,23). The van der Waals surface area contributed by atoms with Gasteiger partial charge < -0.3 is 10.1 Å². The Morgan fingerprint density at radius 3 is 2.81 bits per heavy atom. The first kappa shape index (κ1) is 18.2. The Morgan fingerprint density at radius 2 is 2.08 bits per heavy atom. The minimum absolute atomic E-state index is 0.254. The van der Waals surface area contributed by atoms with Crippen LogP contribution in [0.25, 0.3) is 10.9 Å². The molecule has 0 bridgehead atoms. The van der Waals surface area contributed by atoms with E-state index in [0.717, 1.165) is 28.8 Å². The lowest BCUT2D eigenvalue weighted by atomic mass is 9.93. The molecule has 0 saturated carbocycles. The van der Waals surface area contributed by atoms with E-state index < -0.39 is 9.73 Å². The van der Waals surface area contributed by atoms with Gasteiger partial charge in [-0.2, -0.15) is 0 Å². The van der Waals surface area contributed by atoms with E-state index in [1.165, 1.54) is 12.6 Å². The van der Waals surface area contributed by atoms with Crippen LogP contribution in [0.1, 0.15) is 12.5 Å². The van der Waals surface area contributed by atoms with Crippen molar-refractivity contribution in [3.63, 3.8) is 0 Å². The molecule has 0 spiro atoms. The number of nitrogens with zero attached hydrogens (tertiary/aromatic N) is 2. The first-order valence-corrected chi connectivity index (χ1v) is 10.1. The summed E-state index contributed by atoms with van der Waals surface area (Å²) in [5, 5.41) is 4.02. The van der Waals surface area contributed by atoms with Crippen LogP contribution in [0, 0.1) is 4.78 Å². The number of benzene rings is 2. The Bertz CT molecular complexity index is 1050. The van der Waals surface area contributed by atoms with Gasteiger partial charge in [0.2, 0.25) is 0 Å². The summed E-state index contributed by atoms with van der Waals surface area (Å²) in [6.45, 7) is 3.00. The van der Waals surface area contributed by atoms with E-state index in [2.05, 4.69) is 15.3 Å². The lowest BCUT2D eigenvalue weighted by Crippen LogP contribution is -2.11. The number of rotatable bonds is 6. The molecular formula is C18H19BN4O2S. The summed E-state index contributed by atoms with van der Waals surface area (Å²) in [5.74, 6) is 1.25. The fourth-order valence-electron chi connectivity index (χ4n) is 2.57. The Morgan fingerprint density at radius 1 is 1.27 bits per heavy atom. The monoisotopic (exact) mass is 366 g/mol. The van der Waals surface area contributed by atoms with Crippen LogP contribution in [0.3, 0.4) is 0 Å². The van der Waals surface area contributed by atoms with Gasteiger partial charge in [-0.3, -0.25) is 0 Å². The van der Waals surface area contributed by atoms with Gasteiger partial charge in [-0.15, -0.1) is 0 Å². The molecule has 2 N–H and O–H groups in total. The minimum Gasteiger partial charge on any atom is -0.489 e. The van der Waals surface area contributed by atoms with Crippen LogP contribution in [-0.4, -0.2) is 34.8 Å². The molecule has 6 nitrogen and oxygen atoms in total. The number of anilines is 1. The molecule has 0 amide bonds. The Balaban J connectivity index is 1.87. The van der Waals surface area contributed by atoms with Gasteiger partial charge in [0.25, 0.3) is 0 Å². The highest BCUT2D eigenvalue weighted by atomic mass is 32.2. The summed E-state index contributed by atoms with van der Waals surface area (Å²) in [7, 11) is 3.37. The smallest absolute Gasteiger partial charge is 0.137 e. The highest BCUT2D eigenvalue weighted by molar-refractivity contribution is 7.91. The van der Waals surface area contributed by atoms with Crippen molar-refractivity contribution < 1.29 is 8.95 Å². The van der Waals surface area contributed by atoms with Gasteiger partial charge in [0.1, 0.15) is 32.3 Å². The van der Waals surface area contributed by atoms with Crippen LogP contribution in [0.2, 0.25) is 0 Å². The van der Waals surface area contributed by atoms with Gasteiger partial charge in [-0.25, -0.2) is 19.0 Å². The summed E-state index contributed by atoms with van der Waals surface area (Å²) < 4.78 is 25.4. The fraction of sp³-hybridized carbons (Fsp3) is 0.222. The van der Waals surface area contributed by atoms with Crippen LogP contribution in [0.5, 0.6) is 5.75 Å². The largest absolute Gasteiger partial charge is 0.489 e. The fourth-order valence-corrected chi connectivity index (χ4v) is 3.29. The summed E-state index contributed by atoms with van der Waals surface area (Å²) in [4.78, 5) is 8.99. The second-order valence-corrected chi connectivity index (χ2v) is 8.10. The van der Waals surface area contributed by atoms with Gasteiger partial charge in [-0.05, 0) is 24.6 Å². The van der Waals surface area contributed by atoms with Crippen molar-refractivity contribution in [1.82, 2.24) is 9.97 Å². The van der Waals surface area contributed by atoms with E-state index in [9.17, 15) is 4.21 Å². The third-order valence-electron chi connectivity index (χ3n) is 3.85. The number of fused-ring (bicyclic) bond motifs is 1. The third kappa shape index (κ3) is 3.96.